The van der Waals surface area contributed by atoms with Crippen molar-refractivity contribution in [2.45, 2.75) is 12.5 Å². The average molecular weight is 283 g/mol. The monoisotopic (exact) mass is 283 g/mol. The molecular weight excluding hydrogens is 262 g/mol. The molecular formula is C12H21N5O3. The summed E-state index contributed by atoms with van der Waals surface area (Å²) in [5.41, 5.74) is 5.91. The summed E-state index contributed by atoms with van der Waals surface area (Å²) in [5.74, 6) is -0.600. The fourth-order valence-electron chi connectivity index (χ4n) is 1.79. The number of hydrogen-bond acceptors (Lipinski definition) is 5. The van der Waals surface area contributed by atoms with Crippen molar-refractivity contribution < 1.29 is 14.3 Å². The van der Waals surface area contributed by atoms with Crippen molar-refractivity contribution in [3.63, 3.8) is 0 Å². The highest BCUT2D eigenvalue weighted by atomic mass is 16.5. The van der Waals surface area contributed by atoms with Gasteiger partial charge < -0.3 is 20.7 Å². The van der Waals surface area contributed by atoms with Gasteiger partial charge in [0, 0.05) is 39.8 Å². The van der Waals surface area contributed by atoms with Gasteiger partial charge in [-0.1, -0.05) is 0 Å². The summed E-state index contributed by atoms with van der Waals surface area (Å²) < 4.78 is 5.17. The fourth-order valence-corrected chi connectivity index (χ4v) is 1.79. The molecule has 1 heterocycles. The van der Waals surface area contributed by atoms with Crippen molar-refractivity contribution in [1.82, 2.24) is 10.2 Å². The molecule has 0 aromatic rings. The van der Waals surface area contributed by atoms with Crippen LogP contribution < -0.4 is 11.1 Å². The number of urea groups is 1. The molecule has 1 fully saturated rings. The number of carbonyl (C=O) groups excluding carboxylic acids is 2. The minimum absolute atomic E-state index is 0.221. The Bertz CT molecular complexity index is 402. The Balaban J connectivity index is 2.62. The number of ether oxygens (including phenoxy) is 1. The third-order valence-corrected chi connectivity index (χ3v) is 2.92. The second kappa shape index (κ2) is 8.26. The molecule has 20 heavy (non-hydrogen) atoms. The summed E-state index contributed by atoms with van der Waals surface area (Å²) in [7, 11) is 3.20. The highest BCUT2D eigenvalue weighted by Gasteiger charge is 2.24. The van der Waals surface area contributed by atoms with E-state index in [4.69, 9.17) is 10.5 Å². The number of nitrogens with zero attached hydrogens (tertiary/aromatic N) is 3. The topological polar surface area (TPSA) is 109 Å². The van der Waals surface area contributed by atoms with E-state index in [1.54, 1.807) is 19.0 Å². The summed E-state index contributed by atoms with van der Waals surface area (Å²) in [4.78, 5) is 32.9. The zero-order chi connectivity index (χ0) is 15.0. The maximum Gasteiger partial charge on any atom is 0.318 e. The third-order valence-electron chi connectivity index (χ3n) is 2.92. The van der Waals surface area contributed by atoms with E-state index in [1.165, 1.54) is 6.21 Å². The molecule has 1 saturated heterocycles. The molecule has 0 aromatic carbocycles. The van der Waals surface area contributed by atoms with E-state index in [1.807, 2.05) is 0 Å². The molecule has 0 saturated carbocycles. The van der Waals surface area contributed by atoms with Gasteiger partial charge >= 0.3 is 6.03 Å². The molecule has 1 atom stereocenters. The first kappa shape index (κ1) is 16.1. The summed E-state index contributed by atoms with van der Waals surface area (Å²) in [6.45, 7) is 2.00. The second-order valence-corrected chi connectivity index (χ2v) is 4.31. The van der Waals surface area contributed by atoms with Crippen LogP contribution in [0.1, 0.15) is 6.42 Å². The third kappa shape index (κ3) is 4.96. The van der Waals surface area contributed by atoms with Crippen LogP contribution in [0.25, 0.3) is 0 Å². The van der Waals surface area contributed by atoms with Crippen LogP contribution >= 0.6 is 0 Å². The molecule has 0 aliphatic carbocycles. The van der Waals surface area contributed by atoms with Crippen LogP contribution in [-0.4, -0.2) is 75.2 Å². The van der Waals surface area contributed by atoms with Crippen LogP contribution in [0.5, 0.6) is 0 Å². The number of aliphatic imine (C=N–C) groups is 2. The van der Waals surface area contributed by atoms with Crippen LogP contribution in [-0.2, 0) is 9.53 Å². The van der Waals surface area contributed by atoms with E-state index in [-0.39, 0.29) is 12.5 Å². The van der Waals surface area contributed by atoms with Crippen molar-refractivity contribution in [2.75, 3.05) is 40.4 Å². The molecule has 0 radical (unpaired) electrons. The molecule has 1 aliphatic heterocycles. The molecule has 0 spiro atoms. The van der Waals surface area contributed by atoms with E-state index >= 15 is 0 Å². The number of hydrogen-bond donors (Lipinski definition) is 2. The predicted molar refractivity (Wildman–Crippen MR) is 76.3 cm³/mol. The van der Waals surface area contributed by atoms with Crippen molar-refractivity contribution in [2.24, 2.45) is 15.7 Å². The van der Waals surface area contributed by atoms with Crippen LogP contribution in [0.3, 0.4) is 0 Å². The fraction of sp³-hybridized carbons (Fsp3) is 0.667. The van der Waals surface area contributed by atoms with Gasteiger partial charge in [0.05, 0.1) is 18.9 Å². The molecule has 1 unspecified atom stereocenters. The van der Waals surface area contributed by atoms with E-state index in [2.05, 4.69) is 15.3 Å². The Kier molecular flexibility index (Phi) is 6.65. The number of morpholine rings is 1. The summed E-state index contributed by atoms with van der Waals surface area (Å²) >= 11 is 0. The molecule has 3 N–H and O–H groups in total. The minimum atomic E-state index is -0.804. The highest BCUT2D eigenvalue weighted by molar-refractivity contribution is 6.31. The van der Waals surface area contributed by atoms with Gasteiger partial charge in [-0.3, -0.25) is 14.8 Å². The molecule has 3 amide bonds. The van der Waals surface area contributed by atoms with Gasteiger partial charge in [0.2, 0.25) is 5.91 Å². The Morgan fingerprint density at radius 1 is 1.40 bits per heavy atom. The van der Waals surface area contributed by atoms with Crippen molar-refractivity contribution in [1.29, 1.82) is 0 Å². The second-order valence-electron chi connectivity index (χ2n) is 4.31. The lowest BCUT2D eigenvalue weighted by molar-refractivity contribution is -0.119. The minimum Gasteiger partial charge on any atom is -0.378 e. The Hall–Kier alpha value is -1.96. The smallest absolute Gasteiger partial charge is 0.318 e. The standard InChI is InChI=1S/C12H21N5O3/c1-14-8-9(15-2)7-10(11(13)18)16-12(19)17-3-5-20-6-4-17/h8,10H,3-7H2,1-2H3,(H2,13,18)(H,16,19). The SMILES string of the molecule is CN=CC(CC(NC(=O)N1CCOCC1)C(N)=O)=NC. The molecule has 8 nitrogen and oxygen atoms in total. The van der Waals surface area contributed by atoms with Gasteiger partial charge in [0.25, 0.3) is 0 Å². The average Bonchev–Trinajstić information content (AvgIpc) is 2.46. The first-order valence-electron chi connectivity index (χ1n) is 6.38. The van der Waals surface area contributed by atoms with Crippen LogP contribution in [0.15, 0.2) is 9.98 Å². The predicted octanol–water partition coefficient (Wildman–Crippen LogP) is -0.956. The Labute approximate surface area is 118 Å². The lowest BCUT2D eigenvalue weighted by atomic mass is 10.1. The zero-order valence-electron chi connectivity index (χ0n) is 11.8. The maximum atomic E-state index is 12.0. The highest BCUT2D eigenvalue weighted by Crippen LogP contribution is 2.00. The number of nitrogens with two attached hydrogens (primary N) is 1. The lowest BCUT2D eigenvalue weighted by Gasteiger charge is -2.28. The first-order chi connectivity index (χ1) is 9.58. The quantitative estimate of drug-likeness (QED) is 0.634. The van der Waals surface area contributed by atoms with E-state index in [9.17, 15) is 9.59 Å². The number of primary amides is 1. The van der Waals surface area contributed by atoms with E-state index in [0.717, 1.165) is 0 Å². The Morgan fingerprint density at radius 2 is 2.05 bits per heavy atom. The summed E-state index contributed by atoms with van der Waals surface area (Å²) in [6, 6.07) is -1.12. The molecule has 8 heteroatoms. The molecule has 0 bridgehead atoms. The van der Waals surface area contributed by atoms with E-state index in [0.29, 0.717) is 32.0 Å². The van der Waals surface area contributed by atoms with Gasteiger partial charge in [-0.25, -0.2) is 4.79 Å². The normalized spacial score (nSPS) is 18.1. The largest absolute Gasteiger partial charge is 0.378 e. The van der Waals surface area contributed by atoms with Crippen molar-refractivity contribution in [3.8, 4) is 0 Å². The van der Waals surface area contributed by atoms with Crippen molar-refractivity contribution in [3.05, 3.63) is 0 Å². The van der Waals surface area contributed by atoms with Crippen LogP contribution in [0.4, 0.5) is 4.79 Å². The lowest BCUT2D eigenvalue weighted by Crippen LogP contribution is -2.53. The number of carbonyl (C=O) groups is 2. The number of nitrogens with one attached hydrogen (secondary N) is 1. The first-order valence-corrected chi connectivity index (χ1v) is 6.38. The number of amides is 3. The van der Waals surface area contributed by atoms with Gasteiger partial charge in [-0.15, -0.1) is 0 Å². The maximum absolute atomic E-state index is 12.0. The van der Waals surface area contributed by atoms with Crippen LogP contribution in [0.2, 0.25) is 0 Å². The number of rotatable bonds is 5. The molecule has 0 aromatic heterocycles. The zero-order valence-corrected chi connectivity index (χ0v) is 11.8. The van der Waals surface area contributed by atoms with Gasteiger partial charge in [0.15, 0.2) is 0 Å². The molecule has 112 valence electrons. The summed E-state index contributed by atoms with van der Waals surface area (Å²) in [6.07, 6.45) is 1.76. The molecule has 1 rings (SSSR count). The van der Waals surface area contributed by atoms with Gasteiger partial charge in [-0.05, 0) is 0 Å². The van der Waals surface area contributed by atoms with E-state index < -0.39 is 11.9 Å². The van der Waals surface area contributed by atoms with Gasteiger partial charge in [0.1, 0.15) is 6.04 Å². The van der Waals surface area contributed by atoms with Crippen molar-refractivity contribution >= 4 is 23.9 Å². The van der Waals surface area contributed by atoms with Crippen LogP contribution in [0, 0.1) is 0 Å². The Morgan fingerprint density at radius 3 is 2.55 bits per heavy atom. The summed E-state index contributed by atoms with van der Waals surface area (Å²) in [5, 5.41) is 2.62. The van der Waals surface area contributed by atoms with Gasteiger partial charge in [-0.2, -0.15) is 0 Å². The molecule has 1 aliphatic rings.